The van der Waals surface area contributed by atoms with Gasteiger partial charge in [0.15, 0.2) is 5.96 Å². The molecule has 1 aliphatic heterocycles. The van der Waals surface area contributed by atoms with Crippen LogP contribution in [0.4, 0.5) is 13.2 Å². The van der Waals surface area contributed by atoms with Crippen LogP contribution >= 0.6 is 24.0 Å². The van der Waals surface area contributed by atoms with Crippen molar-refractivity contribution in [3.63, 3.8) is 0 Å². The maximum absolute atomic E-state index is 12.5. The highest BCUT2D eigenvalue weighted by Crippen LogP contribution is 2.23. The fourth-order valence-electron chi connectivity index (χ4n) is 3.94. The molecule has 10 heteroatoms. The highest BCUT2D eigenvalue weighted by Gasteiger charge is 2.32. The van der Waals surface area contributed by atoms with Crippen molar-refractivity contribution in [1.29, 1.82) is 0 Å². The summed E-state index contributed by atoms with van der Waals surface area (Å²) in [6.07, 6.45) is 3.31. The van der Waals surface area contributed by atoms with Crippen molar-refractivity contribution in [2.75, 3.05) is 39.8 Å². The van der Waals surface area contributed by atoms with E-state index in [1.165, 1.54) is 4.90 Å². The Bertz CT molecular complexity index is 843. The molecule has 0 saturated carbocycles. The Balaban J connectivity index is 0.00000341. The molecule has 2 N–H and O–H groups in total. The maximum Gasteiger partial charge on any atom is 0.401 e. The molecule has 0 radical (unpaired) electrons. The van der Waals surface area contributed by atoms with Crippen LogP contribution in [-0.2, 0) is 6.42 Å². The molecule has 1 aliphatic rings. The number of likely N-dealkylation sites (tertiary alicyclic amines) is 1. The lowest BCUT2D eigenvalue weighted by molar-refractivity contribution is -0.148. The van der Waals surface area contributed by atoms with Crippen molar-refractivity contribution in [2.24, 2.45) is 10.9 Å². The van der Waals surface area contributed by atoms with E-state index in [1.54, 1.807) is 7.05 Å². The second-order valence-corrected chi connectivity index (χ2v) is 7.95. The zero-order valence-electron chi connectivity index (χ0n) is 18.1. The van der Waals surface area contributed by atoms with Gasteiger partial charge in [0.1, 0.15) is 5.65 Å². The summed E-state index contributed by atoms with van der Waals surface area (Å²) in [6, 6.07) is 4.06. The molecule has 0 spiro atoms. The van der Waals surface area contributed by atoms with Gasteiger partial charge < -0.3 is 15.0 Å². The molecule has 0 bridgehead atoms. The number of aryl methyl sites for hydroxylation is 1. The summed E-state index contributed by atoms with van der Waals surface area (Å²) < 4.78 is 39.5. The van der Waals surface area contributed by atoms with Crippen molar-refractivity contribution < 1.29 is 13.2 Å². The van der Waals surface area contributed by atoms with Crippen molar-refractivity contribution >= 4 is 35.6 Å². The minimum absolute atomic E-state index is 0. The number of fused-ring (bicyclic) bond motifs is 1. The van der Waals surface area contributed by atoms with Crippen molar-refractivity contribution in [3.05, 3.63) is 35.8 Å². The SMILES string of the molecule is CN=C(NCCc1cn2cccc(C)c2n1)NCCC1CCN(CC(F)(F)F)CC1.I. The monoisotopic (exact) mass is 552 g/mol. The molecule has 0 atom stereocenters. The van der Waals surface area contributed by atoms with Crippen LogP contribution in [0.1, 0.15) is 30.5 Å². The van der Waals surface area contributed by atoms with Gasteiger partial charge in [-0.15, -0.1) is 24.0 Å². The molecule has 174 valence electrons. The average molecular weight is 552 g/mol. The first-order valence-electron chi connectivity index (χ1n) is 10.5. The number of aromatic nitrogens is 2. The standard InChI is InChI=1S/C21H31F3N6.HI/c1-16-4-3-11-30-14-18(28-19(16)30)6-10-27-20(25-2)26-9-5-17-7-12-29(13-8-17)15-21(22,23)24;/h3-4,11,14,17H,5-10,12-13,15H2,1-2H3,(H2,25,26,27);1H. The summed E-state index contributed by atoms with van der Waals surface area (Å²) in [6.45, 7) is 3.79. The number of piperidine rings is 1. The molecule has 0 unspecified atom stereocenters. The molecule has 0 amide bonds. The lowest BCUT2D eigenvalue weighted by atomic mass is 9.93. The van der Waals surface area contributed by atoms with E-state index in [0.29, 0.717) is 19.0 Å². The Morgan fingerprint density at radius 3 is 2.58 bits per heavy atom. The summed E-state index contributed by atoms with van der Waals surface area (Å²) in [5.41, 5.74) is 3.16. The van der Waals surface area contributed by atoms with Gasteiger partial charge in [-0.1, -0.05) is 6.07 Å². The molecule has 0 aromatic carbocycles. The highest BCUT2D eigenvalue weighted by molar-refractivity contribution is 14.0. The number of guanidine groups is 1. The predicted octanol–water partition coefficient (Wildman–Crippen LogP) is 3.63. The van der Waals surface area contributed by atoms with Crippen molar-refractivity contribution in [3.8, 4) is 0 Å². The summed E-state index contributed by atoms with van der Waals surface area (Å²) in [7, 11) is 1.74. The number of halogens is 4. The third kappa shape index (κ3) is 8.13. The van der Waals surface area contributed by atoms with Crippen molar-refractivity contribution in [1.82, 2.24) is 24.9 Å². The third-order valence-corrected chi connectivity index (χ3v) is 5.58. The molecular weight excluding hydrogens is 520 g/mol. The highest BCUT2D eigenvalue weighted by atomic mass is 127. The van der Waals surface area contributed by atoms with E-state index in [0.717, 1.165) is 61.6 Å². The molecule has 2 aromatic heterocycles. The first kappa shape index (κ1) is 25.7. The molecule has 6 nitrogen and oxygen atoms in total. The van der Waals surface area contributed by atoms with Gasteiger partial charge in [0, 0.05) is 39.0 Å². The van der Waals surface area contributed by atoms with Crippen LogP contribution in [-0.4, -0.2) is 66.2 Å². The van der Waals surface area contributed by atoms with Gasteiger partial charge in [0.05, 0.1) is 12.2 Å². The Morgan fingerprint density at radius 2 is 1.94 bits per heavy atom. The molecule has 0 aliphatic carbocycles. The van der Waals surface area contributed by atoms with E-state index in [9.17, 15) is 13.2 Å². The van der Waals surface area contributed by atoms with Gasteiger partial charge in [-0.2, -0.15) is 13.2 Å². The summed E-state index contributed by atoms with van der Waals surface area (Å²) in [4.78, 5) is 10.4. The summed E-state index contributed by atoms with van der Waals surface area (Å²) in [5, 5.41) is 6.61. The number of imidazole rings is 1. The number of hydrogen-bond acceptors (Lipinski definition) is 3. The molecule has 1 fully saturated rings. The van der Waals surface area contributed by atoms with E-state index < -0.39 is 12.7 Å². The van der Waals surface area contributed by atoms with E-state index in [-0.39, 0.29) is 24.0 Å². The van der Waals surface area contributed by atoms with E-state index in [4.69, 9.17) is 0 Å². The van der Waals surface area contributed by atoms with Crippen LogP contribution in [0, 0.1) is 12.8 Å². The number of hydrogen-bond donors (Lipinski definition) is 2. The van der Waals surface area contributed by atoms with Crippen molar-refractivity contribution in [2.45, 2.75) is 38.8 Å². The minimum Gasteiger partial charge on any atom is -0.356 e. The smallest absolute Gasteiger partial charge is 0.356 e. The van der Waals surface area contributed by atoms with Crippen LogP contribution in [0.5, 0.6) is 0 Å². The number of rotatable bonds is 7. The van der Waals surface area contributed by atoms with Gasteiger partial charge in [-0.25, -0.2) is 4.98 Å². The number of pyridine rings is 1. The number of aliphatic imine (C=N–C) groups is 1. The van der Waals surface area contributed by atoms with Crippen LogP contribution in [0.25, 0.3) is 5.65 Å². The minimum atomic E-state index is -4.10. The first-order chi connectivity index (χ1) is 14.3. The predicted molar refractivity (Wildman–Crippen MR) is 128 cm³/mol. The van der Waals surface area contributed by atoms with Crippen LogP contribution < -0.4 is 10.6 Å². The first-order valence-corrected chi connectivity index (χ1v) is 10.5. The van der Waals surface area contributed by atoms with Gasteiger partial charge in [0.25, 0.3) is 0 Å². The van der Waals surface area contributed by atoms with E-state index >= 15 is 0 Å². The third-order valence-electron chi connectivity index (χ3n) is 5.58. The van der Waals surface area contributed by atoms with Gasteiger partial charge in [0.2, 0.25) is 0 Å². The zero-order valence-corrected chi connectivity index (χ0v) is 20.4. The molecule has 31 heavy (non-hydrogen) atoms. The summed E-state index contributed by atoms with van der Waals surface area (Å²) in [5.74, 6) is 1.20. The number of alkyl halides is 3. The quantitative estimate of drug-likeness (QED) is 0.313. The second-order valence-electron chi connectivity index (χ2n) is 7.95. The topological polar surface area (TPSA) is 57.0 Å². The Hall–Kier alpha value is -1.56. The molecule has 3 heterocycles. The fourth-order valence-corrected chi connectivity index (χ4v) is 3.94. The van der Waals surface area contributed by atoms with E-state index in [2.05, 4.69) is 33.6 Å². The summed E-state index contributed by atoms with van der Waals surface area (Å²) >= 11 is 0. The van der Waals surface area contributed by atoms with Crippen LogP contribution in [0.2, 0.25) is 0 Å². The normalized spacial score (nSPS) is 16.4. The number of nitrogens with zero attached hydrogens (tertiary/aromatic N) is 4. The second kappa shape index (κ2) is 11.9. The Kier molecular flexibility index (Phi) is 9.86. The zero-order chi connectivity index (χ0) is 21.6. The molecular formula is C21H32F3IN6. The van der Waals surface area contributed by atoms with Gasteiger partial charge >= 0.3 is 6.18 Å². The fraction of sp³-hybridized carbons (Fsp3) is 0.619. The Morgan fingerprint density at radius 1 is 1.23 bits per heavy atom. The molecule has 2 aromatic rings. The molecule has 1 saturated heterocycles. The Labute approximate surface area is 198 Å². The van der Waals surface area contributed by atoms with Crippen LogP contribution in [0.15, 0.2) is 29.5 Å². The van der Waals surface area contributed by atoms with Crippen LogP contribution in [0.3, 0.4) is 0 Å². The van der Waals surface area contributed by atoms with E-state index in [1.807, 2.05) is 22.9 Å². The lowest BCUT2D eigenvalue weighted by Gasteiger charge is -2.32. The maximum atomic E-state index is 12.5. The van der Waals surface area contributed by atoms with Gasteiger partial charge in [-0.3, -0.25) is 9.89 Å². The van der Waals surface area contributed by atoms with Gasteiger partial charge in [-0.05, 0) is 56.8 Å². The lowest BCUT2D eigenvalue weighted by Crippen LogP contribution is -2.42. The number of nitrogens with one attached hydrogen (secondary N) is 2. The molecule has 3 rings (SSSR count). The largest absolute Gasteiger partial charge is 0.401 e. The average Bonchev–Trinajstić information content (AvgIpc) is 3.11.